The van der Waals surface area contributed by atoms with Crippen LogP contribution in [-0.4, -0.2) is 81.8 Å². The Kier molecular flexibility index (Phi) is 6.36. The van der Waals surface area contributed by atoms with E-state index in [1.54, 1.807) is 29.5 Å². The number of thiazole rings is 2. The first kappa shape index (κ1) is 23.9. The first-order chi connectivity index (χ1) is 16.7. The number of nitrogens with zero attached hydrogens (tertiary/aromatic N) is 5. The second-order valence-corrected chi connectivity index (χ2v) is 10.4. The van der Waals surface area contributed by atoms with E-state index in [4.69, 9.17) is 0 Å². The number of alkyl halides is 3. The van der Waals surface area contributed by atoms with Crippen LogP contribution in [0.25, 0.3) is 10.6 Å². The Hall–Kier alpha value is -2.83. The summed E-state index contributed by atoms with van der Waals surface area (Å²) in [7, 11) is 0. The molecule has 2 saturated heterocycles. The molecular formula is C23H22F3N5O2S2. The molecule has 0 aliphatic carbocycles. The average molecular weight is 522 g/mol. The highest BCUT2D eigenvalue weighted by molar-refractivity contribution is 7.17. The predicted molar refractivity (Wildman–Crippen MR) is 127 cm³/mol. The Morgan fingerprint density at radius 2 is 1.80 bits per heavy atom. The van der Waals surface area contributed by atoms with Crippen molar-refractivity contribution in [2.45, 2.75) is 19.1 Å². The van der Waals surface area contributed by atoms with E-state index in [1.807, 2.05) is 4.90 Å². The topological polar surface area (TPSA) is 69.6 Å². The van der Waals surface area contributed by atoms with Crippen molar-refractivity contribution in [3.8, 4) is 10.6 Å². The molecule has 5 rings (SSSR count). The number of hydrogen-bond donors (Lipinski definition) is 0. The smallest absolute Gasteiger partial charge is 0.335 e. The standard InChI is InChI=1S/C23H22F3N5O2S2/c1-14-18(35-19(28-14)15-3-2-4-16(11-15)23(24,25)26)21(32)31-12-17(13-31)29-6-8-30(9-7-29)22(33)20-27-5-10-34-20/h2-5,10-11,17H,6-9,12-13H2,1H3. The number of aryl methyl sites for hydroxylation is 1. The summed E-state index contributed by atoms with van der Waals surface area (Å²) >= 11 is 2.46. The van der Waals surface area contributed by atoms with E-state index in [0.717, 1.165) is 36.6 Å². The Morgan fingerprint density at radius 3 is 2.46 bits per heavy atom. The molecular weight excluding hydrogens is 499 g/mol. The van der Waals surface area contributed by atoms with Crippen molar-refractivity contribution in [3.05, 3.63) is 57.0 Å². The molecule has 2 aromatic heterocycles. The summed E-state index contributed by atoms with van der Waals surface area (Å²) in [6, 6.07) is 5.23. The number of halogens is 3. The Bertz CT molecular complexity index is 1230. The summed E-state index contributed by atoms with van der Waals surface area (Å²) < 4.78 is 39.2. The van der Waals surface area contributed by atoms with E-state index in [0.29, 0.717) is 52.3 Å². The van der Waals surface area contributed by atoms with E-state index in [9.17, 15) is 22.8 Å². The molecule has 1 aromatic carbocycles. The highest BCUT2D eigenvalue weighted by Crippen LogP contribution is 2.35. The van der Waals surface area contributed by atoms with Gasteiger partial charge in [0.15, 0.2) is 5.01 Å². The van der Waals surface area contributed by atoms with Gasteiger partial charge >= 0.3 is 6.18 Å². The lowest BCUT2D eigenvalue weighted by Gasteiger charge is -2.47. The third-order valence-electron chi connectivity index (χ3n) is 6.31. The van der Waals surface area contributed by atoms with Crippen LogP contribution in [0.2, 0.25) is 0 Å². The van der Waals surface area contributed by atoms with E-state index >= 15 is 0 Å². The van der Waals surface area contributed by atoms with E-state index in [2.05, 4.69) is 14.9 Å². The fraction of sp³-hybridized carbons (Fsp3) is 0.391. The Morgan fingerprint density at radius 1 is 1.06 bits per heavy atom. The normalized spacial score (nSPS) is 17.5. The third-order valence-corrected chi connectivity index (χ3v) is 8.27. The van der Waals surface area contributed by atoms with Crippen LogP contribution < -0.4 is 0 Å². The minimum absolute atomic E-state index is 0.0395. The summed E-state index contributed by atoms with van der Waals surface area (Å²) in [5, 5.41) is 2.69. The number of hydrogen-bond acceptors (Lipinski definition) is 7. The van der Waals surface area contributed by atoms with Crippen molar-refractivity contribution in [2.24, 2.45) is 0 Å². The van der Waals surface area contributed by atoms with Crippen molar-refractivity contribution in [2.75, 3.05) is 39.3 Å². The maximum Gasteiger partial charge on any atom is 0.416 e. The van der Waals surface area contributed by atoms with Crippen LogP contribution in [0, 0.1) is 6.92 Å². The first-order valence-electron chi connectivity index (χ1n) is 11.1. The lowest BCUT2D eigenvalue weighted by atomic mass is 10.1. The van der Waals surface area contributed by atoms with Crippen LogP contribution in [0.5, 0.6) is 0 Å². The second kappa shape index (κ2) is 9.32. The quantitative estimate of drug-likeness (QED) is 0.521. The average Bonchev–Trinajstić information content (AvgIpc) is 3.48. The molecule has 0 saturated carbocycles. The van der Waals surface area contributed by atoms with E-state index < -0.39 is 11.7 Å². The summed E-state index contributed by atoms with van der Waals surface area (Å²) in [6.45, 7) is 5.59. The molecule has 0 atom stereocenters. The minimum Gasteiger partial charge on any atom is -0.335 e. The number of benzene rings is 1. The van der Waals surface area contributed by atoms with Crippen LogP contribution in [0.1, 0.15) is 30.7 Å². The van der Waals surface area contributed by atoms with E-state index in [1.165, 1.54) is 17.4 Å². The fourth-order valence-electron chi connectivity index (χ4n) is 4.30. The molecule has 0 unspecified atom stereocenters. The highest BCUT2D eigenvalue weighted by Gasteiger charge is 2.38. The van der Waals surface area contributed by atoms with Crippen molar-refractivity contribution >= 4 is 34.5 Å². The number of likely N-dealkylation sites (tertiary alicyclic amines) is 1. The third kappa shape index (κ3) is 4.82. The number of piperazine rings is 1. The van der Waals surface area contributed by atoms with Gasteiger partial charge in [-0.15, -0.1) is 22.7 Å². The van der Waals surface area contributed by atoms with Crippen molar-refractivity contribution < 1.29 is 22.8 Å². The van der Waals surface area contributed by atoms with E-state index in [-0.39, 0.29) is 17.9 Å². The molecule has 0 radical (unpaired) electrons. The van der Waals surface area contributed by atoms with Crippen LogP contribution in [0.3, 0.4) is 0 Å². The van der Waals surface area contributed by atoms with Crippen LogP contribution in [0.15, 0.2) is 35.8 Å². The molecule has 0 spiro atoms. The van der Waals surface area contributed by atoms with Gasteiger partial charge < -0.3 is 9.80 Å². The number of rotatable bonds is 4. The van der Waals surface area contributed by atoms with Gasteiger partial charge in [0.05, 0.1) is 11.3 Å². The van der Waals surface area contributed by atoms with Gasteiger partial charge in [0.25, 0.3) is 11.8 Å². The largest absolute Gasteiger partial charge is 0.416 e. The number of aromatic nitrogens is 2. The predicted octanol–water partition coefficient (Wildman–Crippen LogP) is 3.88. The van der Waals surface area contributed by atoms with Gasteiger partial charge in [-0.3, -0.25) is 14.5 Å². The minimum atomic E-state index is -4.44. The molecule has 2 aliphatic heterocycles. The number of carbonyl (C=O) groups excluding carboxylic acids is 2. The van der Waals surface area contributed by atoms with Crippen LogP contribution in [-0.2, 0) is 6.18 Å². The van der Waals surface area contributed by atoms with Gasteiger partial charge in [0.2, 0.25) is 0 Å². The Balaban J connectivity index is 1.18. The van der Waals surface area contributed by atoms with Crippen molar-refractivity contribution in [1.82, 2.24) is 24.7 Å². The molecule has 12 heteroatoms. The molecule has 2 aliphatic rings. The van der Waals surface area contributed by atoms with Gasteiger partial charge in [0, 0.05) is 62.5 Å². The zero-order valence-electron chi connectivity index (χ0n) is 18.8. The van der Waals surface area contributed by atoms with Crippen LogP contribution in [0.4, 0.5) is 13.2 Å². The summed E-state index contributed by atoms with van der Waals surface area (Å²) in [5.41, 5.74) is 0.124. The first-order valence-corrected chi connectivity index (χ1v) is 12.8. The number of carbonyl (C=O) groups is 2. The Labute approximate surface area is 207 Å². The molecule has 0 bridgehead atoms. The summed E-state index contributed by atoms with van der Waals surface area (Å²) in [5.74, 6) is -0.186. The van der Waals surface area contributed by atoms with Gasteiger partial charge in [-0.1, -0.05) is 12.1 Å². The maximum absolute atomic E-state index is 13.1. The molecule has 7 nitrogen and oxygen atoms in total. The van der Waals surface area contributed by atoms with Crippen LogP contribution >= 0.6 is 22.7 Å². The fourth-order valence-corrected chi connectivity index (χ4v) is 5.93. The number of amides is 2. The van der Waals surface area contributed by atoms with Gasteiger partial charge in [-0.2, -0.15) is 13.2 Å². The molecule has 4 heterocycles. The molecule has 2 amide bonds. The molecule has 184 valence electrons. The highest BCUT2D eigenvalue weighted by atomic mass is 32.1. The summed E-state index contributed by atoms with van der Waals surface area (Å²) in [4.78, 5) is 40.3. The molecule has 3 aromatic rings. The van der Waals surface area contributed by atoms with Gasteiger partial charge in [0.1, 0.15) is 9.88 Å². The van der Waals surface area contributed by atoms with Crippen molar-refractivity contribution in [1.29, 1.82) is 0 Å². The van der Waals surface area contributed by atoms with Gasteiger partial charge in [-0.25, -0.2) is 9.97 Å². The van der Waals surface area contributed by atoms with Gasteiger partial charge in [-0.05, 0) is 19.1 Å². The monoisotopic (exact) mass is 521 g/mol. The van der Waals surface area contributed by atoms with Crippen molar-refractivity contribution in [3.63, 3.8) is 0 Å². The SMILES string of the molecule is Cc1nc(-c2cccc(C(F)(F)F)c2)sc1C(=O)N1CC(N2CCN(C(=O)c3nccs3)CC2)C1. The maximum atomic E-state index is 13.1. The molecule has 2 fully saturated rings. The zero-order valence-corrected chi connectivity index (χ0v) is 20.4. The molecule has 35 heavy (non-hydrogen) atoms. The molecule has 0 N–H and O–H groups in total. The summed E-state index contributed by atoms with van der Waals surface area (Å²) in [6.07, 6.45) is -2.81. The second-order valence-electron chi connectivity index (χ2n) is 8.54. The zero-order chi connectivity index (χ0) is 24.7. The lowest BCUT2D eigenvalue weighted by molar-refractivity contribution is -0.137. The lowest BCUT2D eigenvalue weighted by Crippen LogP contribution is -2.64.